The molecule has 0 fully saturated rings. The lowest BCUT2D eigenvalue weighted by Gasteiger charge is -2.21. The summed E-state index contributed by atoms with van der Waals surface area (Å²) in [5, 5.41) is 4.77. The highest BCUT2D eigenvalue weighted by Gasteiger charge is 2.35. The van der Waals surface area contributed by atoms with E-state index in [0.29, 0.717) is 33.5 Å². The highest BCUT2D eigenvalue weighted by Crippen LogP contribution is 2.33. The summed E-state index contributed by atoms with van der Waals surface area (Å²) in [7, 11) is 0. The quantitative estimate of drug-likeness (QED) is 0.263. The lowest BCUT2D eigenvalue weighted by Crippen LogP contribution is -2.32. The summed E-state index contributed by atoms with van der Waals surface area (Å²) in [5.74, 6) is -0.736. The zero-order chi connectivity index (χ0) is 27.7. The van der Waals surface area contributed by atoms with Crippen molar-refractivity contribution in [1.29, 1.82) is 0 Å². The average molecular weight is 655 g/mol. The number of carbonyl (C=O) groups excluding carboxylic acids is 1. The number of nitrogens with zero attached hydrogens (tertiary/aromatic N) is 2. The van der Waals surface area contributed by atoms with Crippen molar-refractivity contribution < 1.29 is 40.3 Å². The Bertz CT molecular complexity index is 1400. The Morgan fingerprint density at radius 2 is 1.89 bits per heavy atom. The van der Waals surface area contributed by atoms with Gasteiger partial charge in [0.2, 0.25) is 0 Å². The Hall–Kier alpha value is -3.50. The van der Waals surface area contributed by atoms with Gasteiger partial charge in [-0.3, -0.25) is 4.99 Å². The van der Waals surface area contributed by atoms with Crippen molar-refractivity contribution in [2.75, 3.05) is 11.9 Å². The summed E-state index contributed by atoms with van der Waals surface area (Å²) in [4.78, 5) is 22.4. The first-order chi connectivity index (χ1) is 17.8. The Morgan fingerprint density at radius 3 is 2.53 bits per heavy atom. The zero-order valence-electron chi connectivity index (χ0n) is 19.1. The number of imidazole rings is 1. The third-order valence-electron chi connectivity index (χ3n) is 5.10. The summed E-state index contributed by atoms with van der Waals surface area (Å²) >= 11 is -0.911. The molecule has 0 spiro atoms. The molecule has 3 heterocycles. The molecule has 0 saturated carbocycles. The van der Waals surface area contributed by atoms with Gasteiger partial charge < -0.3 is 20.4 Å². The van der Waals surface area contributed by atoms with E-state index in [2.05, 4.69) is 25.6 Å². The molecule has 1 aromatic heterocycles. The van der Waals surface area contributed by atoms with E-state index in [-0.39, 0.29) is 29.7 Å². The van der Waals surface area contributed by atoms with Gasteiger partial charge in [0.1, 0.15) is 28.7 Å². The Kier molecular flexibility index (Phi) is 7.75. The SMILES string of the molecule is CC1CN=C(c2ncc(C(F)(F)F)[nH]2)C=C1OC1=CI=C(NC(=O)Nc2ccc(F)c(C(F)(F)F)c2)C=C1. The summed E-state index contributed by atoms with van der Waals surface area (Å²) in [6.07, 6.45) is -4.16. The van der Waals surface area contributed by atoms with E-state index in [1.165, 1.54) is 6.08 Å². The highest BCUT2D eigenvalue weighted by molar-refractivity contribution is 14.2. The average Bonchev–Trinajstić information content (AvgIpc) is 3.33. The molecule has 15 heteroatoms. The van der Waals surface area contributed by atoms with Crippen molar-refractivity contribution in [1.82, 2.24) is 15.3 Å². The Morgan fingerprint density at radius 1 is 1.13 bits per heavy atom. The molecule has 1 unspecified atom stereocenters. The van der Waals surface area contributed by atoms with Crippen LogP contribution in [-0.2, 0) is 17.1 Å². The summed E-state index contributed by atoms with van der Waals surface area (Å²) in [6.45, 7) is 2.11. The van der Waals surface area contributed by atoms with E-state index < -0.39 is 56.2 Å². The molecule has 0 aliphatic carbocycles. The number of amides is 2. The second-order valence-electron chi connectivity index (χ2n) is 7.99. The number of H-pyrrole nitrogens is 1. The van der Waals surface area contributed by atoms with E-state index in [1.807, 2.05) is 6.92 Å². The van der Waals surface area contributed by atoms with Crippen molar-refractivity contribution in [3.05, 3.63) is 81.1 Å². The number of nitrogens with one attached hydrogen (secondary N) is 3. The summed E-state index contributed by atoms with van der Waals surface area (Å²) in [6, 6.07) is 1.32. The van der Waals surface area contributed by atoms with E-state index in [0.717, 1.165) is 6.07 Å². The monoisotopic (exact) mass is 655 g/mol. The number of rotatable bonds is 5. The van der Waals surface area contributed by atoms with Crippen LogP contribution in [0.4, 0.5) is 41.2 Å². The molecule has 2 aliphatic heterocycles. The second-order valence-corrected chi connectivity index (χ2v) is 10.4. The van der Waals surface area contributed by atoms with Crippen LogP contribution in [0.25, 0.3) is 0 Å². The van der Waals surface area contributed by atoms with E-state index >= 15 is 0 Å². The molecule has 202 valence electrons. The standard InChI is InChI=1S/C23H17F7IN5O2/c1-11-9-32-16(20-33-10-18(35-20)23(28,29)30)7-17(11)38-13-3-5-19(31-8-13)36-21(37)34-12-2-4-15(24)14(6-12)22(25,26)27/h2-8,10-11H,9H2,1H3,(H,33,35)(H2,34,36,37). The van der Waals surface area contributed by atoms with Crippen LogP contribution in [0, 0.1) is 11.7 Å². The van der Waals surface area contributed by atoms with Gasteiger partial charge >= 0.3 is 18.4 Å². The molecule has 2 aromatic rings. The molecule has 0 bridgehead atoms. The molecule has 38 heavy (non-hydrogen) atoms. The van der Waals surface area contributed by atoms with Gasteiger partial charge in [-0.05, 0) is 30.4 Å². The maximum Gasteiger partial charge on any atom is 0.432 e. The second kappa shape index (κ2) is 10.7. The number of aromatic amines is 1. The minimum Gasteiger partial charge on any atom is -0.461 e. The number of hydrogen-bond donors (Lipinski definition) is 3. The number of hydrogen-bond acceptors (Lipinski definition) is 4. The van der Waals surface area contributed by atoms with Crippen LogP contribution >= 0.6 is 20.7 Å². The largest absolute Gasteiger partial charge is 0.461 e. The lowest BCUT2D eigenvalue weighted by atomic mass is 10.1. The fourth-order valence-corrected chi connectivity index (χ4v) is 4.97. The van der Waals surface area contributed by atoms with E-state index in [4.69, 9.17) is 4.74 Å². The fourth-order valence-electron chi connectivity index (χ4n) is 3.21. The number of carbonyl (C=O) groups is 1. The van der Waals surface area contributed by atoms with Gasteiger partial charge in [-0.25, -0.2) is 14.2 Å². The number of anilines is 1. The molecule has 3 N–H and O–H groups in total. The first kappa shape index (κ1) is 27.5. The molecule has 7 nitrogen and oxygen atoms in total. The maximum atomic E-state index is 13.4. The smallest absolute Gasteiger partial charge is 0.432 e. The van der Waals surface area contributed by atoms with Gasteiger partial charge in [0.05, 0.1) is 15.4 Å². The van der Waals surface area contributed by atoms with Crippen LogP contribution < -0.4 is 10.6 Å². The normalized spacial score (nSPS) is 17.9. The van der Waals surface area contributed by atoms with Crippen molar-refractivity contribution in [3.63, 3.8) is 0 Å². The minimum absolute atomic E-state index is 0.0414. The lowest BCUT2D eigenvalue weighted by molar-refractivity contribution is -0.141. The van der Waals surface area contributed by atoms with Gasteiger partial charge in [-0.15, -0.1) is 0 Å². The van der Waals surface area contributed by atoms with Gasteiger partial charge in [0, 0.05) is 28.3 Å². The summed E-state index contributed by atoms with van der Waals surface area (Å²) in [5.41, 5.74) is -2.51. The van der Waals surface area contributed by atoms with Crippen molar-refractivity contribution >= 4 is 41.8 Å². The van der Waals surface area contributed by atoms with Crippen LogP contribution in [0.1, 0.15) is 24.0 Å². The van der Waals surface area contributed by atoms with Crippen LogP contribution in [-0.4, -0.2) is 31.9 Å². The van der Waals surface area contributed by atoms with Gasteiger partial charge in [0.25, 0.3) is 0 Å². The number of alkyl halides is 6. The maximum absolute atomic E-state index is 13.4. The van der Waals surface area contributed by atoms with Gasteiger partial charge in [-0.1, -0.05) is 27.7 Å². The van der Waals surface area contributed by atoms with Crippen LogP contribution in [0.15, 0.2) is 63.2 Å². The van der Waals surface area contributed by atoms with Crippen LogP contribution in [0.2, 0.25) is 0 Å². The molecular weight excluding hydrogens is 638 g/mol. The number of aromatic nitrogens is 2. The number of benzene rings is 1. The predicted molar refractivity (Wildman–Crippen MR) is 133 cm³/mol. The van der Waals surface area contributed by atoms with Gasteiger partial charge in [-0.2, -0.15) is 26.3 Å². The van der Waals surface area contributed by atoms with Crippen molar-refractivity contribution in [2.24, 2.45) is 10.9 Å². The number of allylic oxidation sites excluding steroid dienone is 2. The molecule has 0 radical (unpaired) electrons. The minimum atomic E-state index is -4.91. The molecule has 2 aliphatic rings. The molecule has 2 amide bonds. The van der Waals surface area contributed by atoms with E-state index in [1.54, 1.807) is 16.2 Å². The van der Waals surface area contributed by atoms with E-state index in [9.17, 15) is 35.5 Å². The number of urea groups is 1. The third-order valence-corrected chi connectivity index (χ3v) is 7.32. The first-order valence-electron chi connectivity index (χ1n) is 10.7. The third kappa shape index (κ3) is 6.68. The fraction of sp³-hybridized carbons (Fsp3) is 0.217. The predicted octanol–water partition coefficient (Wildman–Crippen LogP) is 6.26. The molecule has 1 atom stereocenters. The molecular formula is C23H17F7IN5O2. The molecule has 0 saturated heterocycles. The molecule has 4 rings (SSSR count). The van der Waals surface area contributed by atoms with Crippen molar-refractivity contribution in [3.8, 4) is 0 Å². The number of aliphatic imine (C=N–C) groups is 1. The first-order valence-corrected chi connectivity index (χ1v) is 13.0. The molecule has 1 aromatic carbocycles. The highest BCUT2D eigenvalue weighted by atomic mass is 127. The summed E-state index contributed by atoms with van der Waals surface area (Å²) < 4.78 is 98.8. The number of halogens is 8. The zero-order valence-corrected chi connectivity index (χ0v) is 21.3. The number of dihydropyridines is 1. The van der Waals surface area contributed by atoms with Crippen LogP contribution in [0.5, 0.6) is 0 Å². The Balaban J connectivity index is 1.39. The van der Waals surface area contributed by atoms with Crippen molar-refractivity contribution in [2.45, 2.75) is 19.3 Å². The van der Waals surface area contributed by atoms with Crippen LogP contribution in [0.3, 0.4) is 0 Å². The van der Waals surface area contributed by atoms with Gasteiger partial charge in [0.15, 0.2) is 5.82 Å². The number of ether oxygens (including phenoxy) is 1. The topological polar surface area (TPSA) is 91.4 Å². The Labute approximate surface area is 220 Å².